The summed E-state index contributed by atoms with van der Waals surface area (Å²) in [6, 6.07) is 4.29. The Bertz CT molecular complexity index is 576. The molecule has 0 aromatic carbocycles. The Morgan fingerprint density at radius 1 is 1.30 bits per heavy atom. The lowest BCUT2D eigenvalue weighted by Gasteiger charge is -2.29. The van der Waals surface area contributed by atoms with E-state index in [0.29, 0.717) is 12.0 Å². The molecule has 0 aliphatic carbocycles. The Morgan fingerprint density at radius 2 is 2.10 bits per heavy atom. The number of rotatable bonds is 4. The van der Waals surface area contributed by atoms with Gasteiger partial charge in [-0.2, -0.15) is 4.98 Å². The fraction of sp³-hybridized carbons (Fsp3) is 0.571. The zero-order valence-electron chi connectivity index (χ0n) is 11.7. The molecule has 1 aliphatic heterocycles. The number of piperidine rings is 1. The van der Waals surface area contributed by atoms with Crippen LogP contribution in [0.1, 0.15) is 26.2 Å². The third kappa shape index (κ3) is 3.30. The highest BCUT2D eigenvalue weighted by atomic mass is 79.9. The predicted octanol–water partition coefficient (Wildman–Crippen LogP) is 2.78. The van der Waals surface area contributed by atoms with Crippen molar-refractivity contribution in [3.05, 3.63) is 22.8 Å². The first-order chi connectivity index (χ1) is 9.70. The molecule has 2 aromatic rings. The Kier molecular flexibility index (Phi) is 4.21. The van der Waals surface area contributed by atoms with E-state index in [0.717, 1.165) is 16.7 Å². The molecule has 3 rings (SSSR count). The average Bonchev–Trinajstić information content (AvgIpc) is 2.80. The van der Waals surface area contributed by atoms with Crippen molar-refractivity contribution < 1.29 is 0 Å². The minimum atomic E-state index is 0.356. The van der Waals surface area contributed by atoms with Crippen molar-refractivity contribution in [2.75, 3.05) is 25.0 Å². The second-order valence-electron chi connectivity index (χ2n) is 5.49. The summed E-state index contributed by atoms with van der Waals surface area (Å²) >= 11 is 3.44. The van der Waals surface area contributed by atoms with Gasteiger partial charge in [0.15, 0.2) is 5.65 Å². The molecule has 0 amide bonds. The maximum atomic E-state index is 4.49. The van der Waals surface area contributed by atoms with Gasteiger partial charge < -0.3 is 10.2 Å². The molecule has 108 valence electrons. The third-order valence-corrected chi connectivity index (χ3v) is 4.12. The molecular weight excluding hydrogens is 318 g/mol. The predicted molar refractivity (Wildman–Crippen MR) is 84.1 cm³/mol. The first-order valence-electron chi connectivity index (χ1n) is 7.21. The van der Waals surface area contributed by atoms with Gasteiger partial charge in [-0.25, -0.2) is 4.52 Å². The van der Waals surface area contributed by atoms with Crippen molar-refractivity contribution in [1.29, 1.82) is 0 Å². The number of hydrogen-bond donors (Lipinski definition) is 1. The Labute approximate surface area is 127 Å². The molecular formula is C14H20BrN5. The summed E-state index contributed by atoms with van der Waals surface area (Å²) in [6.45, 7) is 5.69. The highest BCUT2D eigenvalue weighted by Gasteiger charge is 2.14. The summed E-state index contributed by atoms with van der Waals surface area (Å²) in [4.78, 5) is 7.01. The molecule has 5 nitrogen and oxygen atoms in total. The maximum absolute atomic E-state index is 4.49. The molecule has 1 N–H and O–H groups in total. The van der Waals surface area contributed by atoms with Gasteiger partial charge in [-0.05, 0) is 60.9 Å². The van der Waals surface area contributed by atoms with Gasteiger partial charge in [0.1, 0.15) is 0 Å². The van der Waals surface area contributed by atoms with Crippen LogP contribution in [0.2, 0.25) is 0 Å². The van der Waals surface area contributed by atoms with Gasteiger partial charge in [0.25, 0.3) is 0 Å². The van der Waals surface area contributed by atoms with Crippen LogP contribution in [0.15, 0.2) is 22.8 Å². The molecule has 1 unspecified atom stereocenters. The molecule has 0 saturated carbocycles. The van der Waals surface area contributed by atoms with Crippen LogP contribution in [-0.2, 0) is 0 Å². The number of anilines is 1. The van der Waals surface area contributed by atoms with Gasteiger partial charge in [0.05, 0.1) is 0 Å². The van der Waals surface area contributed by atoms with Crippen LogP contribution < -0.4 is 5.32 Å². The van der Waals surface area contributed by atoms with E-state index in [1.165, 1.54) is 32.4 Å². The molecule has 1 saturated heterocycles. The number of fused-ring (bicyclic) bond motifs is 1. The number of aromatic nitrogens is 3. The van der Waals surface area contributed by atoms with Crippen molar-refractivity contribution in [3.63, 3.8) is 0 Å². The number of nitrogens with one attached hydrogen (secondary N) is 1. The van der Waals surface area contributed by atoms with Crippen molar-refractivity contribution >= 4 is 27.5 Å². The topological polar surface area (TPSA) is 45.5 Å². The summed E-state index contributed by atoms with van der Waals surface area (Å²) < 4.78 is 2.79. The quantitative estimate of drug-likeness (QED) is 0.931. The van der Waals surface area contributed by atoms with Crippen LogP contribution in [0.5, 0.6) is 0 Å². The number of nitrogens with zero attached hydrogens (tertiary/aromatic N) is 4. The Morgan fingerprint density at radius 3 is 2.90 bits per heavy atom. The van der Waals surface area contributed by atoms with E-state index in [1.54, 1.807) is 4.52 Å². The Hall–Kier alpha value is -1.14. The minimum Gasteiger partial charge on any atom is -0.349 e. The van der Waals surface area contributed by atoms with Crippen LogP contribution in [0.4, 0.5) is 5.95 Å². The van der Waals surface area contributed by atoms with Crippen molar-refractivity contribution in [2.45, 2.75) is 32.2 Å². The number of pyridine rings is 1. The number of hydrogen-bond acceptors (Lipinski definition) is 4. The van der Waals surface area contributed by atoms with E-state index in [1.807, 2.05) is 18.3 Å². The number of likely N-dealkylation sites (tertiary alicyclic amines) is 1. The number of halogens is 1. The summed E-state index contributed by atoms with van der Waals surface area (Å²) in [5, 5.41) is 7.85. The Balaban J connectivity index is 1.63. The van der Waals surface area contributed by atoms with Gasteiger partial charge >= 0.3 is 0 Å². The van der Waals surface area contributed by atoms with E-state index < -0.39 is 0 Å². The molecule has 1 aliphatic rings. The molecule has 1 atom stereocenters. The second kappa shape index (κ2) is 6.10. The van der Waals surface area contributed by atoms with Gasteiger partial charge in [-0.3, -0.25) is 0 Å². The average molecular weight is 338 g/mol. The second-order valence-corrected chi connectivity index (χ2v) is 6.41. The lowest BCUT2D eigenvalue weighted by molar-refractivity contribution is 0.223. The van der Waals surface area contributed by atoms with Crippen LogP contribution in [0.25, 0.3) is 5.65 Å². The first-order valence-corrected chi connectivity index (χ1v) is 8.01. The molecule has 6 heteroatoms. The summed E-state index contributed by atoms with van der Waals surface area (Å²) in [5.41, 5.74) is 0.862. The van der Waals surface area contributed by atoms with Crippen LogP contribution in [0.3, 0.4) is 0 Å². The lowest BCUT2D eigenvalue weighted by Crippen LogP contribution is -2.38. The molecule has 3 heterocycles. The van der Waals surface area contributed by atoms with Crippen LogP contribution >= 0.6 is 15.9 Å². The third-order valence-electron chi connectivity index (χ3n) is 3.65. The van der Waals surface area contributed by atoms with Gasteiger partial charge in [-0.15, -0.1) is 5.10 Å². The van der Waals surface area contributed by atoms with Crippen molar-refractivity contribution in [1.82, 2.24) is 19.5 Å². The van der Waals surface area contributed by atoms with Gasteiger partial charge in [-0.1, -0.05) is 6.42 Å². The van der Waals surface area contributed by atoms with Crippen LogP contribution in [0, 0.1) is 0 Å². The first kappa shape index (κ1) is 13.8. The molecule has 0 spiro atoms. The summed E-state index contributed by atoms with van der Waals surface area (Å²) in [5.74, 6) is 0.701. The minimum absolute atomic E-state index is 0.356. The van der Waals surface area contributed by atoms with E-state index in [-0.39, 0.29) is 0 Å². The standard InChI is InChI=1S/C14H20BrN5/c1-11(9-19-7-3-2-4-8-19)16-14-17-13-6-5-12(15)10-20(13)18-14/h5-6,10-11H,2-4,7-9H2,1H3,(H,16,18). The van der Waals surface area contributed by atoms with E-state index in [9.17, 15) is 0 Å². The van der Waals surface area contributed by atoms with Gasteiger partial charge in [0.2, 0.25) is 5.95 Å². The molecule has 0 bridgehead atoms. The fourth-order valence-electron chi connectivity index (χ4n) is 2.71. The molecule has 2 aromatic heterocycles. The molecule has 1 fully saturated rings. The summed E-state index contributed by atoms with van der Waals surface area (Å²) in [6.07, 6.45) is 5.95. The molecule has 0 radical (unpaired) electrons. The SMILES string of the molecule is CC(CN1CCCCC1)Nc1nc2ccc(Br)cn2n1. The highest BCUT2D eigenvalue weighted by molar-refractivity contribution is 9.10. The highest BCUT2D eigenvalue weighted by Crippen LogP contribution is 2.13. The maximum Gasteiger partial charge on any atom is 0.243 e. The van der Waals surface area contributed by atoms with Crippen molar-refractivity contribution in [3.8, 4) is 0 Å². The normalized spacial score (nSPS) is 18.3. The fourth-order valence-corrected chi connectivity index (χ4v) is 3.04. The monoisotopic (exact) mass is 337 g/mol. The lowest BCUT2D eigenvalue weighted by atomic mass is 10.1. The summed E-state index contributed by atoms with van der Waals surface area (Å²) in [7, 11) is 0. The van der Waals surface area contributed by atoms with Crippen LogP contribution in [-0.4, -0.2) is 45.2 Å². The van der Waals surface area contributed by atoms with E-state index in [4.69, 9.17) is 0 Å². The molecule has 20 heavy (non-hydrogen) atoms. The van der Waals surface area contributed by atoms with E-state index >= 15 is 0 Å². The van der Waals surface area contributed by atoms with Gasteiger partial charge in [0, 0.05) is 23.3 Å². The zero-order chi connectivity index (χ0) is 13.9. The smallest absolute Gasteiger partial charge is 0.243 e. The largest absolute Gasteiger partial charge is 0.349 e. The van der Waals surface area contributed by atoms with Crippen molar-refractivity contribution in [2.24, 2.45) is 0 Å². The zero-order valence-corrected chi connectivity index (χ0v) is 13.3. The van der Waals surface area contributed by atoms with E-state index in [2.05, 4.69) is 43.2 Å².